The number of hydrogen-bond donors (Lipinski definition) is 1. The first-order chi connectivity index (χ1) is 7.81. The highest BCUT2D eigenvalue weighted by Crippen LogP contribution is 2.27. The summed E-state index contributed by atoms with van der Waals surface area (Å²) in [5, 5.41) is 0. The summed E-state index contributed by atoms with van der Waals surface area (Å²) in [6.07, 6.45) is 1.28. The lowest BCUT2D eigenvalue weighted by molar-refractivity contribution is 0.286. The third-order valence-corrected chi connectivity index (χ3v) is 4.04. The Balaban J connectivity index is 1.84. The van der Waals surface area contributed by atoms with Gasteiger partial charge in [0.25, 0.3) is 0 Å². The van der Waals surface area contributed by atoms with Gasteiger partial charge in [-0.25, -0.2) is 0 Å². The van der Waals surface area contributed by atoms with E-state index in [0.29, 0.717) is 0 Å². The molecule has 0 aromatic heterocycles. The second kappa shape index (κ2) is 5.60. The summed E-state index contributed by atoms with van der Waals surface area (Å²) in [5.74, 6) is 2.51. The standard InChI is InChI=1S/C13H20N2S/c1-2-16-8-4-7-15-9-11-5-3-6-13(14)12(11)10-15/h3,5-6H,2,4,7-10,14H2,1H3. The molecule has 0 aliphatic carbocycles. The van der Waals surface area contributed by atoms with Gasteiger partial charge in [0, 0.05) is 18.8 Å². The molecule has 0 amide bonds. The SMILES string of the molecule is CCSCCCN1Cc2cccc(N)c2C1. The number of nitrogen functional groups attached to an aromatic ring is 1. The van der Waals surface area contributed by atoms with Crippen LogP contribution in [0.4, 0.5) is 5.69 Å². The van der Waals surface area contributed by atoms with E-state index in [1.807, 2.05) is 17.8 Å². The van der Waals surface area contributed by atoms with Crippen LogP contribution in [0, 0.1) is 0 Å². The molecule has 0 saturated heterocycles. The molecule has 1 aromatic carbocycles. The average molecular weight is 236 g/mol. The Kier molecular flexibility index (Phi) is 4.13. The summed E-state index contributed by atoms with van der Waals surface area (Å²) >= 11 is 2.03. The molecular formula is C13H20N2S. The molecule has 1 heterocycles. The van der Waals surface area contributed by atoms with E-state index in [2.05, 4.69) is 24.0 Å². The third kappa shape index (κ3) is 2.71. The van der Waals surface area contributed by atoms with Crippen LogP contribution < -0.4 is 5.73 Å². The molecule has 0 unspecified atom stereocenters. The van der Waals surface area contributed by atoms with E-state index < -0.39 is 0 Å². The highest BCUT2D eigenvalue weighted by atomic mass is 32.2. The van der Waals surface area contributed by atoms with E-state index >= 15 is 0 Å². The van der Waals surface area contributed by atoms with E-state index in [1.165, 1.54) is 35.6 Å². The minimum Gasteiger partial charge on any atom is -0.398 e. The van der Waals surface area contributed by atoms with Crippen LogP contribution in [-0.4, -0.2) is 23.0 Å². The summed E-state index contributed by atoms with van der Waals surface area (Å²) in [6, 6.07) is 6.27. The number of hydrogen-bond acceptors (Lipinski definition) is 3. The van der Waals surface area contributed by atoms with Crippen molar-refractivity contribution >= 4 is 17.4 Å². The predicted molar refractivity (Wildman–Crippen MR) is 72.6 cm³/mol. The van der Waals surface area contributed by atoms with Crippen molar-refractivity contribution in [3.8, 4) is 0 Å². The van der Waals surface area contributed by atoms with E-state index in [9.17, 15) is 0 Å². The van der Waals surface area contributed by atoms with Gasteiger partial charge in [-0.15, -0.1) is 0 Å². The van der Waals surface area contributed by atoms with Crippen molar-refractivity contribution in [3.63, 3.8) is 0 Å². The molecule has 1 aliphatic rings. The Labute approximate surface area is 102 Å². The van der Waals surface area contributed by atoms with Crippen molar-refractivity contribution in [1.82, 2.24) is 4.90 Å². The molecule has 0 saturated carbocycles. The summed E-state index contributed by atoms with van der Waals surface area (Å²) in [4.78, 5) is 2.50. The van der Waals surface area contributed by atoms with Crippen LogP contribution in [0.5, 0.6) is 0 Å². The zero-order valence-corrected chi connectivity index (χ0v) is 10.7. The van der Waals surface area contributed by atoms with Crippen LogP contribution in [0.3, 0.4) is 0 Å². The number of thioether (sulfide) groups is 1. The van der Waals surface area contributed by atoms with Crippen molar-refractivity contribution in [2.24, 2.45) is 0 Å². The average Bonchev–Trinajstić information content (AvgIpc) is 2.69. The molecule has 16 heavy (non-hydrogen) atoms. The maximum atomic E-state index is 5.98. The van der Waals surface area contributed by atoms with Crippen LogP contribution in [0.2, 0.25) is 0 Å². The first-order valence-electron chi connectivity index (χ1n) is 5.97. The van der Waals surface area contributed by atoms with Crippen LogP contribution in [0.15, 0.2) is 18.2 Å². The fourth-order valence-electron chi connectivity index (χ4n) is 2.21. The Morgan fingerprint density at radius 1 is 1.38 bits per heavy atom. The van der Waals surface area contributed by atoms with Gasteiger partial charge in [-0.05, 0) is 41.7 Å². The Morgan fingerprint density at radius 3 is 3.00 bits per heavy atom. The summed E-state index contributed by atoms with van der Waals surface area (Å²) in [7, 11) is 0. The molecule has 0 fully saturated rings. The molecule has 0 radical (unpaired) electrons. The zero-order valence-electron chi connectivity index (χ0n) is 9.91. The van der Waals surface area contributed by atoms with Crippen molar-refractivity contribution < 1.29 is 0 Å². The Morgan fingerprint density at radius 2 is 2.25 bits per heavy atom. The van der Waals surface area contributed by atoms with Crippen LogP contribution in [0.25, 0.3) is 0 Å². The summed E-state index contributed by atoms with van der Waals surface area (Å²) < 4.78 is 0. The molecule has 2 N–H and O–H groups in total. The summed E-state index contributed by atoms with van der Waals surface area (Å²) in [6.45, 7) is 5.54. The van der Waals surface area contributed by atoms with Gasteiger partial charge in [0.15, 0.2) is 0 Å². The molecule has 0 spiro atoms. The Hall–Kier alpha value is -0.670. The molecule has 1 aromatic rings. The zero-order chi connectivity index (χ0) is 11.4. The molecular weight excluding hydrogens is 216 g/mol. The minimum atomic E-state index is 0.961. The number of nitrogens with two attached hydrogens (primary N) is 1. The molecule has 0 bridgehead atoms. The normalized spacial score (nSPS) is 15.3. The van der Waals surface area contributed by atoms with Gasteiger partial charge in [0.2, 0.25) is 0 Å². The van der Waals surface area contributed by atoms with Crippen LogP contribution >= 0.6 is 11.8 Å². The lowest BCUT2D eigenvalue weighted by atomic mass is 10.1. The number of rotatable bonds is 5. The highest BCUT2D eigenvalue weighted by molar-refractivity contribution is 7.99. The van der Waals surface area contributed by atoms with Crippen molar-refractivity contribution in [2.75, 3.05) is 23.8 Å². The van der Waals surface area contributed by atoms with E-state index in [4.69, 9.17) is 5.73 Å². The second-order valence-corrected chi connectivity index (χ2v) is 5.64. The fourth-order valence-corrected chi connectivity index (χ4v) is 2.83. The maximum Gasteiger partial charge on any atom is 0.0363 e. The predicted octanol–water partition coefficient (Wildman–Crippen LogP) is 2.73. The summed E-state index contributed by atoms with van der Waals surface area (Å²) in [5.41, 5.74) is 9.71. The molecule has 1 aliphatic heterocycles. The lowest BCUT2D eigenvalue weighted by Gasteiger charge is -2.14. The minimum absolute atomic E-state index is 0.961. The number of nitrogens with zero attached hydrogens (tertiary/aromatic N) is 1. The molecule has 0 atom stereocenters. The number of fused-ring (bicyclic) bond motifs is 1. The quantitative estimate of drug-likeness (QED) is 0.629. The number of anilines is 1. The molecule has 3 heteroatoms. The molecule has 88 valence electrons. The lowest BCUT2D eigenvalue weighted by Crippen LogP contribution is -2.18. The van der Waals surface area contributed by atoms with Gasteiger partial charge in [0.1, 0.15) is 0 Å². The topological polar surface area (TPSA) is 29.3 Å². The van der Waals surface area contributed by atoms with E-state index in [-0.39, 0.29) is 0 Å². The van der Waals surface area contributed by atoms with Crippen molar-refractivity contribution in [2.45, 2.75) is 26.4 Å². The van der Waals surface area contributed by atoms with Gasteiger partial charge >= 0.3 is 0 Å². The first kappa shape index (κ1) is 11.8. The smallest absolute Gasteiger partial charge is 0.0363 e. The van der Waals surface area contributed by atoms with Crippen LogP contribution in [-0.2, 0) is 13.1 Å². The van der Waals surface area contributed by atoms with Gasteiger partial charge in [-0.3, -0.25) is 4.90 Å². The monoisotopic (exact) mass is 236 g/mol. The van der Waals surface area contributed by atoms with Crippen molar-refractivity contribution in [1.29, 1.82) is 0 Å². The largest absolute Gasteiger partial charge is 0.398 e. The maximum absolute atomic E-state index is 5.98. The fraction of sp³-hybridized carbons (Fsp3) is 0.538. The third-order valence-electron chi connectivity index (χ3n) is 3.05. The van der Waals surface area contributed by atoms with Gasteiger partial charge in [0.05, 0.1) is 0 Å². The van der Waals surface area contributed by atoms with Crippen LogP contribution in [0.1, 0.15) is 24.5 Å². The highest BCUT2D eigenvalue weighted by Gasteiger charge is 2.19. The molecule has 2 rings (SSSR count). The number of benzene rings is 1. The van der Waals surface area contributed by atoms with E-state index in [0.717, 1.165) is 18.8 Å². The van der Waals surface area contributed by atoms with Crippen molar-refractivity contribution in [3.05, 3.63) is 29.3 Å². The van der Waals surface area contributed by atoms with Gasteiger partial charge < -0.3 is 5.73 Å². The Bertz CT molecular complexity index is 352. The van der Waals surface area contributed by atoms with Gasteiger partial charge in [-0.1, -0.05) is 19.1 Å². The van der Waals surface area contributed by atoms with Gasteiger partial charge in [-0.2, -0.15) is 11.8 Å². The second-order valence-electron chi connectivity index (χ2n) is 4.25. The first-order valence-corrected chi connectivity index (χ1v) is 7.13. The molecule has 2 nitrogen and oxygen atoms in total. The van der Waals surface area contributed by atoms with E-state index in [1.54, 1.807) is 0 Å².